The molecule has 0 saturated heterocycles. The van der Waals surface area contributed by atoms with E-state index in [1.54, 1.807) is 0 Å². The van der Waals surface area contributed by atoms with E-state index >= 15 is 0 Å². The highest BCUT2D eigenvalue weighted by Gasteiger charge is 2.20. The number of halogens is 1. The molecular formula is C11H18BrN3. The molecule has 0 bridgehead atoms. The van der Waals surface area contributed by atoms with Crippen LogP contribution in [0.15, 0.2) is 4.60 Å². The van der Waals surface area contributed by atoms with Gasteiger partial charge in [0.25, 0.3) is 0 Å². The molecule has 1 aliphatic rings. The third-order valence-corrected chi connectivity index (χ3v) is 3.73. The zero-order chi connectivity index (χ0) is 10.7. The van der Waals surface area contributed by atoms with E-state index in [1.807, 2.05) is 0 Å². The average Bonchev–Trinajstić information content (AvgIpc) is 2.61. The molecule has 84 valence electrons. The van der Waals surface area contributed by atoms with Gasteiger partial charge in [0.15, 0.2) is 0 Å². The predicted octanol–water partition coefficient (Wildman–Crippen LogP) is 2.72. The minimum absolute atomic E-state index is 0.657. The molecule has 0 atom stereocenters. The lowest BCUT2D eigenvalue weighted by molar-refractivity contribution is 0.436. The molecular weight excluding hydrogens is 254 g/mol. The summed E-state index contributed by atoms with van der Waals surface area (Å²) in [7, 11) is 0. The molecule has 0 aliphatic heterocycles. The van der Waals surface area contributed by atoms with Gasteiger partial charge in [-0.25, -0.2) is 4.98 Å². The molecule has 0 unspecified atom stereocenters. The van der Waals surface area contributed by atoms with Gasteiger partial charge in [-0.05, 0) is 35.3 Å². The van der Waals surface area contributed by atoms with Crippen molar-refractivity contribution in [3.8, 4) is 0 Å². The molecule has 3 N–H and O–H groups in total. The molecule has 2 rings (SSSR count). The van der Waals surface area contributed by atoms with E-state index in [1.165, 1.54) is 37.8 Å². The maximum absolute atomic E-state index is 5.52. The Labute approximate surface area is 99.0 Å². The van der Waals surface area contributed by atoms with Crippen molar-refractivity contribution in [3.05, 3.63) is 16.1 Å². The Morgan fingerprint density at radius 2 is 2.07 bits per heavy atom. The van der Waals surface area contributed by atoms with Crippen LogP contribution in [0.1, 0.15) is 49.5 Å². The van der Waals surface area contributed by atoms with Crippen molar-refractivity contribution in [2.45, 2.75) is 44.4 Å². The van der Waals surface area contributed by atoms with E-state index in [2.05, 4.69) is 25.9 Å². The van der Waals surface area contributed by atoms with Crippen LogP contribution >= 0.6 is 15.9 Å². The first kappa shape index (κ1) is 11.1. The number of nitrogens with one attached hydrogen (secondary N) is 1. The molecule has 1 aromatic heterocycles. The highest BCUT2D eigenvalue weighted by atomic mass is 79.9. The lowest BCUT2D eigenvalue weighted by Crippen LogP contribution is -2.06. The maximum atomic E-state index is 5.52. The molecule has 0 aromatic carbocycles. The topological polar surface area (TPSA) is 54.7 Å². The van der Waals surface area contributed by atoms with Crippen molar-refractivity contribution >= 4 is 15.9 Å². The Kier molecular flexibility index (Phi) is 3.81. The maximum Gasteiger partial charge on any atom is 0.127 e. The van der Waals surface area contributed by atoms with Crippen LogP contribution in [0.2, 0.25) is 0 Å². The van der Waals surface area contributed by atoms with Gasteiger partial charge in [0.05, 0.1) is 5.69 Å². The third-order valence-electron chi connectivity index (χ3n) is 3.13. The van der Waals surface area contributed by atoms with Crippen LogP contribution in [-0.2, 0) is 6.42 Å². The third kappa shape index (κ3) is 2.61. The number of H-pyrrole nitrogens is 1. The highest BCUT2D eigenvalue weighted by Crippen LogP contribution is 2.34. The number of hydrogen-bond acceptors (Lipinski definition) is 2. The second kappa shape index (κ2) is 5.12. The summed E-state index contributed by atoms with van der Waals surface area (Å²) in [6.07, 6.45) is 7.51. The van der Waals surface area contributed by atoms with Crippen molar-refractivity contribution in [2.24, 2.45) is 5.73 Å². The standard InChI is InChI=1S/C11H18BrN3/c12-11-10(8-4-2-1-3-5-8)14-9(15-11)6-7-13/h8H,1-7,13H2,(H,14,15). The van der Waals surface area contributed by atoms with Gasteiger partial charge in [0.1, 0.15) is 10.4 Å². The molecule has 1 aromatic rings. The van der Waals surface area contributed by atoms with Crippen molar-refractivity contribution < 1.29 is 0 Å². The zero-order valence-electron chi connectivity index (χ0n) is 8.93. The summed E-state index contributed by atoms with van der Waals surface area (Å²) >= 11 is 3.54. The molecule has 1 saturated carbocycles. The number of rotatable bonds is 3. The predicted molar refractivity (Wildman–Crippen MR) is 64.9 cm³/mol. The number of hydrogen-bond donors (Lipinski definition) is 2. The second-order valence-corrected chi connectivity index (χ2v) is 5.01. The lowest BCUT2D eigenvalue weighted by Gasteiger charge is -2.20. The van der Waals surface area contributed by atoms with Crippen molar-refractivity contribution in [1.29, 1.82) is 0 Å². The van der Waals surface area contributed by atoms with Gasteiger partial charge in [0.2, 0.25) is 0 Å². The van der Waals surface area contributed by atoms with Crippen molar-refractivity contribution in [3.63, 3.8) is 0 Å². The van der Waals surface area contributed by atoms with Gasteiger partial charge >= 0.3 is 0 Å². The Morgan fingerprint density at radius 1 is 1.33 bits per heavy atom. The summed E-state index contributed by atoms with van der Waals surface area (Å²) in [5, 5.41) is 0. The molecule has 0 amide bonds. The number of aromatic nitrogens is 2. The fourth-order valence-corrected chi connectivity index (χ4v) is 2.97. The van der Waals surface area contributed by atoms with Gasteiger partial charge in [-0.15, -0.1) is 0 Å². The smallest absolute Gasteiger partial charge is 0.127 e. The van der Waals surface area contributed by atoms with Crippen LogP contribution in [0, 0.1) is 0 Å². The van der Waals surface area contributed by atoms with Gasteiger partial charge in [-0.3, -0.25) is 0 Å². The van der Waals surface area contributed by atoms with E-state index in [0.717, 1.165) is 16.8 Å². The number of aromatic amines is 1. The Morgan fingerprint density at radius 3 is 2.73 bits per heavy atom. The van der Waals surface area contributed by atoms with Crippen molar-refractivity contribution in [1.82, 2.24) is 9.97 Å². The number of imidazole rings is 1. The lowest BCUT2D eigenvalue weighted by atomic mass is 9.87. The summed E-state index contributed by atoms with van der Waals surface area (Å²) in [5.41, 5.74) is 6.81. The van der Waals surface area contributed by atoms with E-state index in [0.29, 0.717) is 12.5 Å². The van der Waals surface area contributed by atoms with E-state index in [-0.39, 0.29) is 0 Å². The fraction of sp³-hybridized carbons (Fsp3) is 0.727. The molecule has 1 heterocycles. The number of nitrogens with zero attached hydrogens (tertiary/aromatic N) is 1. The van der Waals surface area contributed by atoms with Crippen LogP contribution in [0.4, 0.5) is 0 Å². The van der Waals surface area contributed by atoms with Gasteiger partial charge in [-0.2, -0.15) is 0 Å². The average molecular weight is 272 g/mol. The number of nitrogens with two attached hydrogens (primary N) is 1. The minimum Gasteiger partial charge on any atom is -0.345 e. The van der Waals surface area contributed by atoms with E-state index in [9.17, 15) is 0 Å². The Bertz CT molecular complexity index is 316. The zero-order valence-corrected chi connectivity index (χ0v) is 10.5. The SMILES string of the molecule is NCCc1nc(Br)c(C2CCCCC2)[nH]1. The van der Waals surface area contributed by atoms with Crippen LogP contribution in [0.3, 0.4) is 0 Å². The summed E-state index contributed by atoms with van der Waals surface area (Å²) in [4.78, 5) is 7.87. The van der Waals surface area contributed by atoms with Crippen molar-refractivity contribution in [2.75, 3.05) is 6.54 Å². The van der Waals surface area contributed by atoms with Crippen LogP contribution in [-0.4, -0.2) is 16.5 Å². The van der Waals surface area contributed by atoms with E-state index < -0.39 is 0 Å². The molecule has 1 aliphatic carbocycles. The first-order valence-corrected chi connectivity index (χ1v) is 6.55. The Hall–Kier alpha value is -0.350. The monoisotopic (exact) mass is 271 g/mol. The second-order valence-electron chi connectivity index (χ2n) is 4.26. The molecule has 1 fully saturated rings. The molecule has 4 heteroatoms. The van der Waals surface area contributed by atoms with Gasteiger partial charge < -0.3 is 10.7 Å². The Balaban J connectivity index is 2.11. The van der Waals surface area contributed by atoms with Crippen LogP contribution < -0.4 is 5.73 Å². The van der Waals surface area contributed by atoms with E-state index in [4.69, 9.17) is 5.73 Å². The fourth-order valence-electron chi connectivity index (χ4n) is 2.33. The molecule has 3 nitrogen and oxygen atoms in total. The van der Waals surface area contributed by atoms with Crippen LogP contribution in [0.25, 0.3) is 0 Å². The first-order valence-electron chi connectivity index (χ1n) is 5.75. The molecule has 0 radical (unpaired) electrons. The molecule has 15 heavy (non-hydrogen) atoms. The first-order chi connectivity index (χ1) is 7.31. The highest BCUT2D eigenvalue weighted by molar-refractivity contribution is 9.10. The summed E-state index contributed by atoms with van der Waals surface area (Å²) in [6, 6.07) is 0. The van der Waals surface area contributed by atoms with Gasteiger partial charge in [0, 0.05) is 12.3 Å². The van der Waals surface area contributed by atoms with Crippen LogP contribution in [0.5, 0.6) is 0 Å². The quantitative estimate of drug-likeness (QED) is 0.888. The normalized spacial score (nSPS) is 18.3. The summed E-state index contributed by atoms with van der Waals surface area (Å²) in [6.45, 7) is 0.657. The molecule has 0 spiro atoms. The summed E-state index contributed by atoms with van der Waals surface area (Å²) in [5.74, 6) is 1.69. The largest absolute Gasteiger partial charge is 0.345 e. The summed E-state index contributed by atoms with van der Waals surface area (Å²) < 4.78 is 0.998. The van der Waals surface area contributed by atoms with Gasteiger partial charge in [-0.1, -0.05) is 19.3 Å². The minimum atomic E-state index is 0.657.